The zero-order valence-corrected chi connectivity index (χ0v) is 31.7. The van der Waals surface area contributed by atoms with Crippen molar-refractivity contribution in [3.8, 4) is 11.1 Å². The van der Waals surface area contributed by atoms with Gasteiger partial charge in [0.25, 0.3) is 0 Å². The molecule has 0 N–H and O–H groups in total. The second-order valence-corrected chi connectivity index (χ2v) is 19.3. The first-order chi connectivity index (χ1) is 24.4. The van der Waals surface area contributed by atoms with Crippen LogP contribution in [0.15, 0.2) is 191 Å². The summed E-state index contributed by atoms with van der Waals surface area (Å²) in [5, 5.41) is 8.13. The Bertz CT molecular complexity index is 2340. The van der Waals surface area contributed by atoms with Crippen molar-refractivity contribution >= 4 is 99.5 Å². The largest absolute Gasteiger partial charge is 0.309 e. The SMILES string of the molecule is O=P(c1ccccc1)(c1ccccc1)c1ccc2c(Br)cccc2c1-c1c(P(=O)(c2ccccc2)c2ccccc2)ccc2c(Br)cccc12. The fourth-order valence-corrected chi connectivity index (χ4v) is 13.8. The molecule has 0 atom stereocenters. The molecule has 0 aliphatic carbocycles. The van der Waals surface area contributed by atoms with Gasteiger partial charge < -0.3 is 9.13 Å². The monoisotopic (exact) mass is 810 g/mol. The molecule has 0 unspecified atom stereocenters. The molecule has 0 heterocycles. The maximum atomic E-state index is 16.4. The number of rotatable bonds is 7. The standard InChI is InChI=1S/C44H30Br2O2P2/c45-39-25-13-23-37-35(39)27-29-41(49(47,31-15-5-1-6-16-31)32-17-7-2-8-18-32)43(37)44-38-24-14-26-40(46)36(38)28-30-42(44)50(48,33-19-9-3-10-20-33)34-21-11-4-12-22-34/h1-30H. The minimum Gasteiger partial charge on any atom is -0.309 e. The quantitative estimate of drug-likeness (QED) is 0.150. The molecule has 0 aliphatic heterocycles. The van der Waals surface area contributed by atoms with Crippen LogP contribution in [-0.2, 0) is 9.13 Å². The molecule has 0 saturated carbocycles. The fraction of sp³-hybridized carbons (Fsp3) is 0. The lowest BCUT2D eigenvalue weighted by atomic mass is 9.93. The maximum Gasteiger partial charge on any atom is 0.171 e. The fourth-order valence-electron chi connectivity index (χ4n) is 7.07. The van der Waals surface area contributed by atoms with Crippen molar-refractivity contribution in [3.63, 3.8) is 0 Å². The molecular weight excluding hydrogens is 782 g/mol. The summed E-state index contributed by atoms with van der Waals surface area (Å²) in [4.78, 5) is 0. The van der Waals surface area contributed by atoms with E-state index in [-0.39, 0.29) is 0 Å². The Morgan fingerprint density at radius 3 is 0.900 bits per heavy atom. The molecule has 8 aromatic rings. The average molecular weight is 812 g/mol. The topological polar surface area (TPSA) is 34.1 Å². The van der Waals surface area contributed by atoms with Crippen LogP contribution in [0.2, 0.25) is 0 Å². The maximum absolute atomic E-state index is 16.4. The molecule has 8 aromatic carbocycles. The van der Waals surface area contributed by atoms with Gasteiger partial charge >= 0.3 is 0 Å². The highest BCUT2D eigenvalue weighted by Crippen LogP contribution is 2.52. The van der Waals surface area contributed by atoms with Gasteiger partial charge in [-0.1, -0.05) is 190 Å². The molecular formula is C44H30Br2O2P2. The highest BCUT2D eigenvalue weighted by Gasteiger charge is 2.38. The van der Waals surface area contributed by atoms with E-state index in [1.54, 1.807) is 0 Å². The lowest BCUT2D eigenvalue weighted by Gasteiger charge is -2.28. The van der Waals surface area contributed by atoms with Crippen LogP contribution in [0.25, 0.3) is 32.7 Å². The van der Waals surface area contributed by atoms with E-state index in [2.05, 4.69) is 56.1 Å². The molecule has 0 spiro atoms. The second kappa shape index (κ2) is 13.4. The van der Waals surface area contributed by atoms with E-state index in [4.69, 9.17) is 0 Å². The van der Waals surface area contributed by atoms with Crippen molar-refractivity contribution in [3.05, 3.63) is 191 Å². The van der Waals surface area contributed by atoms with Crippen LogP contribution in [0.4, 0.5) is 0 Å². The van der Waals surface area contributed by atoms with Crippen LogP contribution in [0.1, 0.15) is 0 Å². The molecule has 50 heavy (non-hydrogen) atoms. The van der Waals surface area contributed by atoms with E-state index in [0.29, 0.717) is 10.6 Å². The van der Waals surface area contributed by atoms with E-state index in [9.17, 15) is 0 Å². The molecule has 2 nitrogen and oxygen atoms in total. The van der Waals surface area contributed by atoms with E-state index in [0.717, 1.165) is 62.8 Å². The van der Waals surface area contributed by atoms with E-state index >= 15 is 9.13 Å². The number of hydrogen-bond donors (Lipinski definition) is 0. The summed E-state index contributed by atoms with van der Waals surface area (Å²) in [6.45, 7) is 0. The van der Waals surface area contributed by atoms with Gasteiger partial charge in [-0.25, -0.2) is 0 Å². The van der Waals surface area contributed by atoms with Gasteiger partial charge in [0.15, 0.2) is 14.3 Å². The number of benzene rings is 8. The van der Waals surface area contributed by atoms with Crippen LogP contribution >= 0.6 is 46.1 Å². The summed E-state index contributed by atoms with van der Waals surface area (Å²) in [6, 6.07) is 59.5. The van der Waals surface area contributed by atoms with Crippen LogP contribution in [0, 0.1) is 0 Å². The van der Waals surface area contributed by atoms with Crippen molar-refractivity contribution in [2.45, 2.75) is 0 Å². The Morgan fingerprint density at radius 1 is 0.300 bits per heavy atom. The minimum atomic E-state index is -3.52. The van der Waals surface area contributed by atoms with Gasteiger partial charge in [-0.2, -0.15) is 0 Å². The van der Waals surface area contributed by atoms with Gasteiger partial charge in [0.1, 0.15) is 0 Å². The normalized spacial score (nSPS) is 12.0. The van der Waals surface area contributed by atoms with Crippen LogP contribution in [0.5, 0.6) is 0 Å². The van der Waals surface area contributed by atoms with E-state index in [1.165, 1.54) is 0 Å². The third-order valence-corrected chi connectivity index (χ3v) is 17.0. The number of halogens is 2. The smallest absolute Gasteiger partial charge is 0.171 e. The summed E-state index contributed by atoms with van der Waals surface area (Å²) >= 11 is 7.66. The summed E-state index contributed by atoms with van der Waals surface area (Å²) in [7, 11) is -7.04. The van der Waals surface area contributed by atoms with Gasteiger partial charge in [0.05, 0.1) is 0 Å². The number of fused-ring (bicyclic) bond motifs is 2. The van der Waals surface area contributed by atoms with Gasteiger partial charge in [0, 0.05) is 51.9 Å². The molecule has 8 rings (SSSR count). The van der Waals surface area contributed by atoms with Crippen LogP contribution in [0.3, 0.4) is 0 Å². The molecule has 0 bridgehead atoms. The first-order valence-corrected chi connectivity index (χ1v) is 21.3. The average Bonchev–Trinajstić information content (AvgIpc) is 3.18. The zero-order valence-electron chi connectivity index (χ0n) is 26.8. The molecule has 0 amide bonds. The van der Waals surface area contributed by atoms with Crippen molar-refractivity contribution in [2.24, 2.45) is 0 Å². The van der Waals surface area contributed by atoms with Crippen LogP contribution < -0.4 is 31.8 Å². The van der Waals surface area contributed by atoms with Crippen molar-refractivity contribution in [1.29, 1.82) is 0 Å². The van der Waals surface area contributed by atoms with Gasteiger partial charge in [-0.3, -0.25) is 0 Å². The Labute approximate surface area is 308 Å². The van der Waals surface area contributed by atoms with Crippen molar-refractivity contribution in [1.82, 2.24) is 0 Å². The van der Waals surface area contributed by atoms with Gasteiger partial charge in [-0.15, -0.1) is 0 Å². The lowest BCUT2D eigenvalue weighted by Crippen LogP contribution is -2.30. The Balaban J connectivity index is 1.62. The molecule has 6 heteroatoms. The second-order valence-electron chi connectivity index (χ2n) is 12.2. The highest BCUT2D eigenvalue weighted by molar-refractivity contribution is 9.11. The van der Waals surface area contributed by atoms with E-state index < -0.39 is 14.3 Å². The van der Waals surface area contributed by atoms with Crippen molar-refractivity contribution < 1.29 is 9.13 Å². The molecule has 0 saturated heterocycles. The number of hydrogen-bond acceptors (Lipinski definition) is 2. The summed E-state index contributed by atoms with van der Waals surface area (Å²) < 4.78 is 34.6. The Hall–Kier alpha value is -4.30. The molecule has 0 fully saturated rings. The third kappa shape index (κ3) is 5.38. The summed E-state index contributed by atoms with van der Waals surface area (Å²) in [5.41, 5.74) is 1.62. The van der Waals surface area contributed by atoms with Crippen molar-refractivity contribution in [2.75, 3.05) is 0 Å². The molecule has 0 aromatic heterocycles. The predicted octanol–water partition coefficient (Wildman–Crippen LogP) is 10.5. The summed E-state index contributed by atoms with van der Waals surface area (Å²) in [5.74, 6) is 0. The Kier molecular flexibility index (Phi) is 8.84. The minimum absolute atomic E-state index is 0.696. The van der Waals surface area contributed by atoms with Gasteiger partial charge in [-0.05, 0) is 45.8 Å². The lowest BCUT2D eigenvalue weighted by molar-refractivity contribution is 0.591. The summed E-state index contributed by atoms with van der Waals surface area (Å²) in [6.07, 6.45) is 0. The third-order valence-electron chi connectivity index (χ3n) is 9.38. The molecule has 0 radical (unpaired) electrons. The zero-order chi connectivity index (χ0) is 34.3. The van der Waals surface area contributed by atoms with Gasteiger partial charge in [0.2, 0.25) is 0 Å². The molecule has 242 valence electrons. The van der Waals surface area contributed by atoms with Crippen LogP contribution in [-0.4, -0.2) is 0 Å². The first kappa shape index (κ1) is 32.9. The molecule has 0 aliphatic rings. The van der Waals surface area contributed by atoms with E-state index in [1.807, 2.05) is 158 Å². The highest BCUT2D eigenvalue weighted by atomic mass is 79.9. The Morgan fingerprint density at radius 2 is 0.600 bits per heavy atom. The predicted molar refractivity (Wildman–Crippen MR) is 221 cm³/mol. The first-order valence-electron chi connectivity index (χ1n) is 16.3.